The molecule has 1 aromatic carbocycles. The number of rotatable bonds is 6. The molecule has 164 valence electrons. The van der Waals surface area contributed by atoms with E-state index in [0.29, 0.717) is 11.9 Å². The van der Waals surface area contributed by atoms with Crippen LogP contribution in [0.15, 0.2) is 35.7 Å². The van der Waals surface area contributed by atoms with Crippen LogP contribution >= 0.6 is 11.3 Å². The highest BCUT2D eigenvalue weighted by molar-refractivity contribution is 7.17. The molecule has 2 N–H and O–H groups in total. The summed E-state index contributed by atoms with van der Waals surface area (Å²) in [5, 5.41) is 3.31. The van der Waals surface area contributed by atoms with Gasteiger partial charge in [-0.2, -0.15) is 4.98 Å². The number of aromatic nitrogens is 2. The maximum atomic E-state index is 6.22. The molecule has 2 aliphatic rings. The van der Waals surface area contributed by atoms with Crippen molar-refractivity contribution in [3.63, 3.8) is 0 Å². The molecule has 0 amide bonds. The molecule has 2 aromatic heterocycles. The minimum Gasteiger partial charge on any atom is -0.368 e. The first kappa shape index (κ1) is 20.7. The van der Waals surface area contributed by atoms with E-state index in [4.69, 9.17) is 15.5 Å². The number of nitrogen functional groups attached to an aromatic ring is 1. The fourth-order valence-electron chi connectivity index (χ4n) is 5.10. The molecule has 7 heteroatoms. The van der Waals surface area contributed by atoms with Crippen molar-refractivity contribution < 1.29 is 4.74 Å². The van der Waals surface area contributed by atoms with Gasteiger partial charge in [-0.05, 0) is 38.2 Å². The van der Waals surface area contributed by atoms with Gasteiger partial charge in [0.25, 0.3) is 0 Å². The van der Waals surface area contributed by atoms with Crippen LogP contribution in [0.25, 0.3) is 21.3 Å². The third-order valence-electron chi connectivity index (χ3n) is 6.60. The van der Waals surface area contributed by atoms with Crippen LogP contribution in [-0.2, 0) is 4.74 Å². The van der Waals surface area contributed by atoms with Crippen molar-refractivity contribution in [2.75, 3.05) is 43.4 Å². The van der Waals surface area contributed by atoms with Crippen LogP contribution in [0, 0.1) is 5.92 Å². The van der Waals surface area contributed by atoms with Crippen LogP contribution in [0.2, 0.25) is 0 Å². The summed E-state index contributed by atoms with van der Waals surface area (Å²) in [5.74, 6) is 1.91. The summed E-state index contributed by atoms with van der Waals surface area (Å²) in [6.45, 7) is 7.17. The van der Waals surface area contributed by atoms with Gasteiger partial charge < -0.3 is 15.4 Å². The molecule has 2 fully saturated rings. The second kappa shape index (κ2) is 9.10. The minimum absolute atomic E-state index is 0.256. The monoisotopic (exact) mass is 437 g/mol. The Balaban J connectivity index is 1.41. The van der Waals surface area contributed by atoms with Crippen molar-refractivity contribution >= 4 is 33.3 Å². The Labute approximate surface area is 188 Å². The molecule has 0 bridgehead atoms. The van der Waals surface area contributed by atoms with E-state index in [2.05, 4.69) is 51.4 Å². The van der Waals surface area contributed by atoms with E-state index in [1.165, 1.54) is 37.1 Å². The molecule has 0 aliphatic carbocycles. The molecule has 2 aliphatic heterocycles. The average molecular weight is 438 g/mol. The average Bonchev–Trinajstić information content (AvgIpc) is 3.48. The lowest BCUT2D eigenvalue weighted by Crippen LogP contribution is -2.46. The van der Waals surface area contributed by atoms with Gasteiger partial charge in [-0.3, -0.25) is 4.90 Å². The number of fused-ring (bicyclic) bond motifs is 1. The number of nitrogens with two attached hydrogens (primary N) is 1. The summed E-state index contributed by atoms with van der Waals surface area (Å²) >= 11 is 1.65. The van der Waals surface area contributed by atoms with Gasteiger partial charge >= 0.3 is 0 Å². The molecule has 2 saturated heterocycles. The standard InChI is InChI=1S/C24H31N5OS/c1-2-30-23(29-12-6-7-13-29)18-10-14-28(15-11-18)21-20-19(17-8-4-3-5-9-17)16-31-22(20)27-24(25)26-21/h3-5,8-9,16,18,23H,2,6-7,10-15H2,1H3,(H2,25,26,27). The van der Waals surface area contributed by atoms with Gasteiger partial charge in [0.2, 0.25) is 5.95 Å². The van der Waals surface area contributed by atoms with Gasteiger partial charge in [0, 0.05) is 49.6 Å². The number of benzene rings is 1. The zero-order valence-electron chi connectivity index (χ0n) is 18.2. The summed E-state index contributed by atoms with van der Waals surface area (Å²) in [5.41, 5.74) is 8.50. The molecule has 0 saturated carbocycles. The van der Waals surface area contributed by atoms with E-state index in [0.717, 1.165) is 48.6 Å². The highest BCUT2D eigenvalue weighted by atomic mass is 32.1. The summed E-state index contributed by atoms with van der Waals surface area (Å²) in [6, 6.07) is 10.5. The number of piperidine rings is 1. The van der Waals surface area contributed by atoms with E-state index in [1.54, 1.807) is 11.3 Å². The molecule has 1 atom stereocenters. The van der Waals surface area contributed by atoms with Crippen LogP contribution in [0.1, 0.15) is 32.6 Å². The highest BCUT2D eigenvalue weighted by Crippen LogP contribution is 2.40. The van der Waals surface area contributed by atoms with E-state index in [-0.39, 0.29) is 6.23 Å². The summed E-state index contributed by atoms with van der Waals surface area (Å²) < 4.78 is 6.22. The van der Waals surface area contributed by atoms with Crippen molar-refractivity contribution in [3.05, 3.63) is 35.7 Å². The summed E-state index contributed by atoms with van der Waals surface area (Å²) in [6.07, 6.45) is 5.06. The summed E-state index contributed by atoms with van der Waals surface area (Å²) in [4.78, 5) is 15.2. The Kier molecular flexibility index (Phi) is 6.07. The Bertz CT molecular complexity index is 1010. The van der Waals surface area contributed by atoms with Gasteiger partial charge in [0.1, 0.15) is 16.9 Å². The van der Waals surface area contributed by atoms with Crippen molar-refractivity contribution in [2.24, 2.45) is 5.92 Å². The predicted molar refractivity (Wildman–Crippen MR) is 128 cm³/mol. The van der Waals surface area contributed by atoms with E-state index in [1.807, 2.05) is 6.07 Å². The quantitative estimate of drug-likeness (QED) is 0.607. The highest BCUT2D eigenvalue weighted by Gasteiger charge is 2.33. The first-order valence-electron chi connectivity index (χ1n) is 11.5. The third kappa shape index (κ3) is 4.14. The zero-order chi connectivity index (χ0) is 21.2. The van der Waals surface area contributed by atoms with E-state index >= 15 is 0 Å². The lowest BCUT2D eigenvalue weighted by Gasteiger charge is -2.40. The lowest BCUT2D eigenvalue weighted by molar-refractivity contribution is -0.0858. The number of hydrogen-bond acceptors (Lipinski definition) is 7. The van der Waals surface area contributed by atoms with Crippen LogP contribution in [-0.4, -0.2) is 53.9 Å². The molecule has 6 nitrogen and oxygen atoms in total. The molecule has 1 unspecified atom stereocenters. The Morgan fingerprint density at radius 1 is 1.10 bits per heavy atom. The topological polar surface area (TPSA) is 67.5 Å². The van der Waals surface area contributed by atoms with E-state index < -0.39 is 0 Å². The normalized spacial score (nSPS) is 19.3. The van der Waals surface area contributed by atoms with Gasteiger partial charge in [0.15, 0.2) is 0 Å². The SMILES string of the molecule is CCOC(C1CCN(c2nc(N)nc3scc(-c4ccccc4)c23)CC1)N1CCCC1. The third-order valence-corrected chi connectivity index (χ3v) is 7.47. The maximum absolute atomic E-state index is 6.22. The molecule has 3 aromatic rings. The first-order valence-corrected chi connectivity index (χ1v) is 12.3. The van der Waals surface area contributed by atoms with Gasteiger partial charge in [-0.15, -0.1) is 11.3 Å². The number of nitrogens with zero attached hydrogens (tertiary/aromatic N) is 4. The fraction of sp³-hybridized carbons (Fsp3) is 0.500. The van der Waals surface area contributed by atoms with Crippen LogP contribution in [0.5, 0.6) is 0 Å². The number of ether oxygens (including phenoxy) is 1. The number of likely N-dealkylation sites (tertiary alicyclic amines) is 1. The summed E-state index contributed by atoms with van der Waals surface area (Å²) in [7, 11) is 0. The second-order valence-electron chi connectivity index (χ2n) is 8.51. The molecule has 0 radical (unpaired) electrons. The maximum Gasteiger partial charge on any atom is 0.223 e. The smallest absolute Gasteiger partial charge is 0.223 e. The van der Waals surface area contributed by atoms with Crippen molar-refractivity contribution in [1.29, 1.82) is 0 Å². The van der Waals surface area contributed by atoms with E-state index in [9.17, 15) is 0 Å². The number of anilines is 2. The van der Waals surface area contributed by atoms with Gasteiger partial charge in [-0.25, -0.2) is 4.98 Å². The first-order chi connectivity index (χ1) is 15.2. The predicted octanol–water partition coefficient (Wildman–Crippen LogP) is 4.62. The molecule has 0 spiro atoms. The van der Waals surface area contributed by atoms with Crippen LogP contribution in [0.3, 0.4) is 0 Å². The Morgan fingerprint density at radius 3 is 2.55 bits per heavy atom. The fourth-order valence-corrected chi connectivity index (χ4v) is 6.05. The minimum atomic E-state index is 0.256. The Morgan fingerprint density at radius 2 is 1.84 bits per heavy atom. The number of hydrogen-bond donors (Lipinski definition) is 1. The molecule has 5 rings (SSSR count). The molecular weight excluding hydrogens is 406 g/mol. The molecule has 31 heavy (non-hydrogen) atoms. The largest absolute Gasteiger partial charge is 0.368 e. The Hall–Kier alpha value is -2.22. The number of thiophene rings is 1. The van der Waals surface area contributed by atoms with Gasteiger partial charge in [-0.1, -0.05) is 30.3 Å². The van der Waals surface area contributed by atoms with Gasteiger partial charge in [0.05, 0.1) is 5.39 Å². The van der Waals surface area contributed by atoms with Crippen LogP contribution < -0.4 is 10.6 Å². The molecular formula is C24H31N5OS. The van der Waals surface area contributed by atoms with Crippen molar-refractivity contribution in [2.45, 2.75) is 38.8 Å². The lowest BCUT2D eigenvalue weighted by atomic mass is 9.93. The van der Waals surface area contributed by atoms with Crippen molar-refractivity contribution in [1.82, 2.24) is 14.9 Å². The second-order valence-corrected chi connectivity index (χ2v) is 9.37. The van der Waals surface area contributed by atoms with Crippen molar-refractivity contribution in [3.8, 4) is 11.1 Å². The molecule has 4 heterocycles. The van der Waals surface area contributed by atoms with Crippen LogP contribution in [0.4, 0.5) is 11.8 Å². The zero-order valence-corrected chi connectivity index (χ0v) is 19.0.